The van der Waals surface area contributed by atoms with E-state index in [1.54, 1.807) is 6.92 Å². The Hall–Kier alpha value is -2.09. The molecule has 3 heteroatoms. The molecule has 0 fully saturated rings. The number of fused-ring (bicyclic) bond motifs is 1. The molecule has 0 unspecified atom stereocenters. The number of pyridine rings is 1. The zero-order chi connectivity index (χ0) is 18.9. The van der Waals surface area contributed by atoms with Crippen molar-refractivity contribution in [1.29, 1.82) is 0 Å². The van der Waals surface area contributed by atoms with Gasteiger partial charge in [0.2, 0.25) is 0 Å². The summed E-state index contributed by atoms with van der Waals surface area (Å²) in [5.41, 5.74) is 3.03. The minimum Gasteiger partial charge on any atom is -0.911 e. The smallest absolute Gasteiger partial charge is 0.911 e. The normalized spacial score (nSPS) is 8.65. The predicted molar refractivity (Wildman–Crippen MR) is 112 cm³/mol. The van der Waals surface area contributed by atoms with Crippen LogP contribution in [-0.2, 0) is 20.1 Å². The minimum atomic E-state index is 0. The van der Waals surface area contributed by atoms with Crippen LogP contribution >= 0.6 is 0 Å². The summed E-state index contributed by atoms with van der Waals surface area (Å²) >= 11 is 0. The molecular weight excluding hydrogens is 496 g/mol. The van der Waals surface area contributed by atoms with Gasteiger partial charge < -0.3 is 11.6 Å². The van der Waals surface area contributed by atoms with Gasteiger partial charge in [0.1, 0.15) is 0 Å². The van der Waals surface area contributed by atoms with E-state index in [1.807, 2.05) is 76.2 Å². The first-order chi connectivity index (χ1) is 12.3. The maximum Gasteiger partial charge on any atom is 3.00 e. The molecule has 0 amide bonds. The van der Waals surface area contributed by atoms with Crippen molar-refractivity contribution in [2.75, 3.05) is 0 Å². The Balaban J connectivity index is 0. The van der Waals surface area contributed by atoms with Gasteiger partial charge in [-0.3, -0.25) is 17.1 Å². The minimum absolute atomic E-state index is 0. The number of benzene rings is 2. The fourth-order valence-corrected chi connectivity index (χ4v) is 1.84. The molecule has 1 heterocycles. The van der Waals surface area contributed by atoms with E-state index in [0.717, 1.165) is 23.0 Å². The molecule has 0 aliphatic carbocycles. The molecule has 3 rings (SSSR count). The summed E-state index contributed by atoms with van der Waals surface area (Å²) in [5.74, 6) is 0. The van der Waals surface area contributed by atoms with E-state index < -0.39 is 0 Å². The summed E-state index contributed by atoms with van der Waals surface area (Å²) < 4.78 is 0. The van der Waals surface area contributed by atoms with E-state index >= 15 is 0 Å². The van der Waals surface area contributed by atoms with Crippen molar-refractivity contribution in [2.45, 2.75) is 34.6 Å². The zero-order valence-corrected chi connectivity index (χ0v) is 18.6. The second-order valence-corrected chi connectivity index (χ2v) is 4.27. The molecule has 0 spiro atoms. The first-order valence-corrected chi connectivity index (χ1v) is 8.64. The summed E-state index contributed by atoms with van der Waals surface area (Å²) in [6.45, 7) is 9.72. The Labute approximate surface area is 172 Å². The predicted octanol–water partition coefficient (Wildman–Crippen LogP) is 6.76. The largest absolute Gasteiger partial charge is 3.00 e. The van der Waals surface area contributed by atoms with Crippen molar-refractivity contribution in [2.24, 2.45) is 0 Å². The van der Waals surface area contributed by atoms with Crippen LogP contribution in [0.5, 0.6) is 0 Å². The van der Waals surface area contributed by atoms with E-state index in [2.05, 4.69) is 29.3 Å². The van der Waals surface area contributed by atoms with Crippen LogP contribution in [0.3, 0.4) is 0 Å². The Bertz CT molecular complexity index is 737. The van der Waals surface area contributed by atoms with Gasteiger partial charge in [-0.1, -0.05) is 58.0 Å². The first-order valence-electron chi connectivity index (χ1n) is 8.64. The summed E-state index contributed by atoms with van der Waals surface area (Å²) in [7, 11) is 0. The van der Waals surface area contributed by atoms with Crippen molar-refractivity contribution in [3.8, 4) is 11.3 Å². The molecule has 0 saturated carbocycles. The van der Waals surface area contributed by atoms with Crippen LogP contribution in [0.25, 0.3) is 27.6 Å². The molecular formula is C23H27IrN2. The molecule has 0 bridgehead atoms. The second-order valence-electron chi connectivity index (χ2n) is 4.27. The fraction of sp³-hybridized carbons (Fsp3) is 0.217. The number of hydrogen-bond donors (Lipinski definition) is 0. The van der Waals surface area contributed by atoms with Gasteiger partial charge in [0, 0.05) is 0 Å². The molecule has 0 radical (unpaired) electrons. The van der Waals surface area contributed by atoms with Gasteiger partial charge in [0.25, 0.3) is 0 Å². The Morgan fingerprint density at radius 2 is 1.58 bits per heavy atom. The molecule has 0 N–H and O–H groups in total. The van der Waals surface area contributed by atoms with Crippen LogP contribution in [0.15, 0.2) is 66.7 Å². The number of nitrogens with zero attached hydrogens (tertiary/aromatic N) is 2. The molecule has 138 valence electrons. The molecule has 26 heavy (non-hydrogen) atoms. The van der Waals surface area contributed by atoms with Crippen molar-refractivity contribution >= 4 is 17.1 Å². The Morgan fingerprint density at radius 3 is 2.12 bits per heavy atom. The molecule has 2 nitrogen and oxygen atoms in total. The summed E-state index contributed by atoms with van der Waals surface area (Å²) in [5, 5.41) is 8.99. The number of rotatable bonds is 2. The van der Waals surface area contributed by atoms with E-state index in [-0.39, 0.29) is 20.1 Å². The van der Waals surface area contributed by atoms with Gasteiger partial charge in [-0.05, 0) is 17.1 Å². The molecule has 0 atom stereocenters. The van der Waals surface area contributed by atoms with Crippen molar-refractivity contribution in [1.82, 2.24) is 4.98 Å². The Morgan fingerprint density at radius 1 is 0.923 bits per heavy atom. The quantitative estimate of drug-likeness (QED) is 0.270. The number of allylic oxidation sites excluding steroid dienone is 2. The maximum atomic E-state index is 7.82. The average Bonchev–Trinajstić information content (AvgIpc) is 2.72. The van der Waals surface area contributed by atoms with Gasteiger partial charge in [0.15, 0.2) is 0 Å². The van der Waals surface area contributed by atoms with E-state index in [1.165, 1.54) is 11.5 Å². The number of hydrogen-bond acceptors (Lipinski definition) is 1. The van der Waals surface area contributed by atoms with Crippen LogP contribution in [0.1, 0.15) is 34.6 Å². The van der Waals surface area contributed by atoms with Crippen LogP contribution in [0.2, 0.25) is 0 Å². The van der Waals surface area contributed by atoms with Crippen molar-refractivity contribution < 1.29 is 20.1 Å². The third-order valence-corrected chi connectivity index (χ3v) is 2.82. The fourth-order valence-electron chi connectivity index (χ4n) is 1.84. The summed E-state index contributed by atoms with van der Waals surface area (Å²) in [6.07, 6.45) is 4.96. The van der Waals surface area contributed by atoms with E-state index in [4.69, 9.17) is 5.41 Å². The average molecular weight is 524 g/mol. The zero-order valence-electron chi connectivity index (χ0n) is 16.2. The Kier molecular flexibility index (Phi) is 17.8. The third kappa shape index (κ3) is 9.41. The third-order valence-electron chi connectivity index (χ3n) is 2.82. The van der Waals surface area contributed by atoms with Crippen LogP contribution in [0.4, 0.5) is 0 Å². The van der Waals surface area contributed by atoms with Crippen LogP contribution in [-0.4, -0.2) is 11.2 Å². The number of para-hydroxylation sites is 1. The van der Waals surface area contributed by atoms with Crippen molar-refractivity contribution in [3.05, 3.63) is 84.3 Å². The monoisotopic (exact) mass is 524 g/mol. The summed E-state index contributed by atoms with van der Waals surface area (Å²) in [4.78, 5) is 4.61. The molecule has 2 aromatic carbocycles. The van der Waals surface area contributed by atoms with Gasteiger partial charge >= 0.3 is 20.1 Å². The number of aromatic nitrogens is 1. The van der Waals surface area contributed by atoms with Gasteiger partial charge in [0.05, 0.1) is 5.52 Å². The van der Waals surface area contributed by atoms with Crippen molar-refractivity contribution in [3.63, 3.8) is 0 Å². The summed E-state index contributed by atoms with van der Waals surface area (Å²) in [6, 6.07) is 23.4. The molecule has 3 aromatic rings. The van der Waals surface area contributed by atoms with Crippen LogP contribution < -0.4 is 0 Å². The van der Waals surface area contributed by atoms with Crippen LogP contribution in [0, 0.1) is 12.1 Å². The standard InChI is InChI=1S/C15H10N.C4H5N.2C2H6.Ir/c1-2-6-12(7-3-1)15-11-10-13-8-4-5-9-14(13)16-15;1-2-3-4-5;2*1-2;/h1-6,8-11H;3-4H,1H3;2*1-2H3;/q-1;-2;;;+3. The van der Waals surface area contributed by atoms with Gasteiger partial charge in [-0.2, -0.15) is 0 Å². The van der Waals surface area contributed by atoms with E-state index in [9.17, 15) is 0 Å². The SMILES string of the molecule is CC.CC.C[C-]=CC=[N-].[Ir+3].[c-]1ccccc1-c1ccc2ccccc2n1. The van der Waals surface area contributed by atoms with E-state index in [0.29, 0.717) is 0 Å². The second kappa shape index (κ2) is 17.7. The molecule has 0 aliphatic rings. The van der Waals surface area contributed by atoms with Gasteiger partial charge in [-0.25, -0.2) is 0 Å². The first kappa shape index (κ1) is 26.1. The molecule has 0 aliphatic heterocycles. The maximum absolute atomic E-state index is 7.82. The molecule has 0 saturated heterocycles. The molecule has 1 aromatic heterocycles. The van der Waals surface area contributed by atoms with Gasteiger partial charge in [-0.15, -0.1) is 42.8 Å². The topological polar surface area (TPSA) is 35.2 Å².